The first-order chi connectivity index (χ1) is 10.1. The van der Waals surface area contributed by atoms with Crippen LogP contribution in [0.4, 0.5) is 0 Å². The number of para-hydroxylation sites is 1. The second-order valence-corrected chi connectivity index (χ2v) is 5.83. The van der Waals surface area contributed by atoms with Gasteiger partial charge in [0.25, 0.3) is 0 Å². The summed E-state index contributed by atoms with van der Waals surface area (Å²) in [7, 11) is 0. The Hall–Kier alpha value is -0.930. The van der Waals surface area contributed by atoms with E-state index < -0.39 is 0 Å². The molecule has 2 rings (SSSR count). The first-order valence-electron chi connectivity index (χ1n) is 6.73. The average Bonchev–Trinajstić information content (AvgIpc) is 2.45. The van der Waals surface area contributed by atoms with E-state index in [1.807, 2.05) is 12.1 Å². The van der Waals surface area contributed by atoms with Gasteiger partial charge in [0.15, 0.2) is 5.75 Å². The molecule has 0 bridgehead atoms. The minimum absolute atomic E-state index is 0.454. The summed E-state index contributed by atoms with van der Waals surface area (Å²) in [6.07, 6.45) is 1.07. The number of halogens is 3. The summed E-state index contributed by atoms with van der Waals surface area (Å²) < 4.78 is 5.89. The molecule has 5 heteroatoms. The van der Waals surface area contributed by atoms with Crippen molar-refractivity contribution in [3.05, 3.63) is 57.0 Å². The maximum Gasteiger partial charge on any atom is 0.150 e. The van der Waals surface area contributed by atoms with E-state index in [1.54, 1.807) is 24.3 Å². The maximum absolute atomic E-state index is 6.25. The van der Waals surface area contributed by atoms with Gasteiger partial charge in [-0.1, -0.05) is 53.9 Å². The Balaban J connectivity index is 2.25. The van der Waals surface area contributed by atoms with Crippen LogP contribution in [-0.4, -0.2) is 6.54 Å². The molecule has 0 aliphatic rings. The molecule has 21 heavy (non-hydrogen) atoms. The quantitative estimate of drug-likeness (QED) is 0.655. The number of hydrogen-bond acceptors (Lipinski definition) is 2. The van der Waals surface area contributed by atoms with E-state index in [1.165, 1.54) is 0 Å². The fourth-order valence-corrected chi connectivity index (χ4v) is 2.55. The van der Waals surface area contributed by atoms with Crippen molar-refractivity contribution in [3.63, 3.8) is 0 Å². The highest BCUT2D eigenvalue weighted by molar-refractivity contribution is 6.35. The molecule has 0 unspecified atom stereocenters. The summed E-state index contributed by atoms with van der Waals surface area (Å²) in [5, 5.41) is 4.91. The van der Waals surface area contributed by atoms with Crippen LogP contribution in [0.2, 0.25) is 15.1 Å². The molecule has 0 saturated heterocycles. The molecular weight excluding hydrogens is 329 g/mol. The smallest absolute Gasteiger partial charge is 0.150 e. The van der Waals surface area contributed by atoms with Gasteiger partial charge in [0.05, 0.1) is 10.0 Å². The highest BCUT2D eigenvalue weighted by atomic mass is 35.5. The third kappa shape index (κ3) is 4.52. The number of nitrogens with one attached hydrogen (secondary N) is 1. The van der Waals surface area contributed by atoms with E-state index in [4.69, 9.17) is 39.5 Å². The van der Waals surface area contributed by atoms with Crippen molar-refractivity contribution in [3.8, 4) is 11.5 Å². The molecule has 2 aromatic carbocycles. The summed E-state index contributed by atoms with van der Waals surface area (Å²) in [6.45, 7) is 3.75. The van der Waals surface area contributed by atoms with Crippen LogP contribution >= 0.6 is 34.8 Å². The molecule has 0 saturated carbocycles. The van der Waals surface area contributed by atoms with Crippen LogP contribution in [0.1, 0.15) is 18.9 Å². The number of benzene rings is 2. The molecule has 1 N–H and O–H groups in total. The van der Waals surface area contributed by atoms with E-state index in [9.17, 15) is 0 Å². The highest BCUT2D eigenvalue weighted by Crippen LogP contribution is 2.37. The van der Waals surface area contributed by atoms with Crippen molar-refractivity contribution in [1.29, 1.82) is 0 Å². The number of ether oxygens (including phenoxy) is 1. The third-order valence-electron chi connectivity index (χ3n) is 2.90. The molecule has 112 valence electrons. The predicted molar refractivity (Wildman–Crippen MR) is 90.0 cm³/mol. The van der Waals surface area contributed by atoms with Gasteiger partial charge < -0.3 is 10.1 Å². The van der Waals surface area contributed by atoms with Gasteiger partial charge in [-0.25, -0.2) is 0 Å². The van der Waals surface area contributed by atoms with Crippen molar-refractivity contribution in [2.75, 3.05) is 6.54 Å². The summed E-state index contributed by atoms with van der Waals surface area (Å²) in [4.78, 5) is 0. The van der Waals surface area contributed by atoms with Crippen LogP contribution in [0.3, 0.4) is 0 Å². The number of hydrogen-bond donors (Lipinski definition) is 1. The number of rotatable bonds is 6. The Morgan fingerprint density at radius 1 is 1.05 bits per heavy atom. The van der Waals surface area contributed by atoms with E-state index >= 15 is 0 Å². The average molecular weight is 345 g/mol. The van der Waals surface area contributed by atoms with Crippen LogP contribution in [0, 0.1) is 0 Å². The van der Waals surface area contributed by atoms with E-state index in [0.29, 0.717) is 33.1 Å². The molecule has 0 amide bonds. The van der Waals surface area contributed by atoms with Gasteiger partial charge >= 0.3 is 0 Å². The van der Waals surface area contributed by atoms with Crippen LogP contribution < -0.4 is 10.1 Å². The normalized spacial score (nSPS) is 10.7. The Bertz CT molecular complexity index is 616. The van der Waals surface area contributed by atoms with Gasteiger partial charge in [0.2, 0.25) is 0 Å². The SMILES string of the molecule is CCCNCc1cccc(Cl)c1Oc1ccc(Cl)cc1Cl. The fraction of sp³-hybridized carbons (Fsp3) is 0.250. The van der Waals surface area contributed by atoms with E-state index in [0.717, 1.165) is 18.5 Å². The molecule has 2 aromatic rings. The van der Waals surface area contributed by atoms with Crippen LogP contribution in [-0.2, 0) is 6.54 Å². The molecular formula is C16H16Cl3NO. The lowest BCUT2D eigenvalue weighted by Gasteiger charge is -2.14. The molecule has 0 aromatic heterocycles. The van der Waals surface area contributed by atoms with Crippen LogP contribution in [0.25, 0.3) is 0 Å². The molecule has 0 aliphatic carbocycles. The molecule has 0 radical (unpaired) electrons. The molecule has 0 atom stereocenters. The predicted octanol–water partition coefficient (Wildman–Crippen LogP) is 5.94. The Morgan fingerprint density at radius 2 is 1.86 bits per heavy atom. The maximum atomic E-state index is 6.25. The van der Waals surface area contributed by atoms with E-state index in [2.05, 4.69) is 12.2 Å². The lowest BCUT2D eigenvalue weighted by molar-refractivity contribution is 0.473. The van der Waals surface area contributed by atoms with Crippen LogP contribution in [0.5, 0.6) is 11.5 Å². The minimum atomic E-state index is 0.454. The van der Waals surface area contributed by atoms with Gasteiger partial charge in [-0.3, -0.25) is 0 Å². The Morgan fingerprint density at radius 3 is 2.57 bits per heavy atom. The lowest BCUT2D eigenvalue weighted by atomic mass is 10.2. The second kappa shape index (κ2) is 7.90. The molecule has 0 heterocycles. The molecule has 0 aliphatic heterocycles. The largest absolute Gasteiger partial charge is 0.454 e. The molecule has 0 spiro atoms. The monoisotopic (exact) mass is 343 g/mol. The van der Waals surface area contributed by atoms with Crippen molar-refractivity contribution >= 4 is 34.8 Å². The van der Waals surface area contributed by atoms with Crippen molar-refractivity contribution in [1.82, 2.24) is 5.32 Å². The topological polar surface area (TPSA) is 21.3 Å². The summed E-state index contributed by atoms with van der Waals surface area (Å²) in [5.74, 6) is 1.15. The van der Waals surface area contributed by atoms with Crippen molar-refractivity contribution in [2.45, 2.75) is 19.9 Å². The Kier molecular flexibility index (Phi) is 6.19. The summed E-state index contributed by atoms with van der Waals surface area (Å²) in [6, 6.07) is 10.8. The first-order valence-corrected chi connectivity index (χ1v) is 7.86. The second-order valence-electron chi connectivity index (χ2n) is 4.58. The van der Waals surface area contributed by atoms with Gasteiger partial charge in [0, 0.05) is 17.1 Å². The fourth-order valence-electron chi connectivity index (χ4n) is 1.87. The van der Waals surface area contributed by atoms with Crippen molar-refractivity contribution < 1.29 is 4.74 Å². The van der Waals surface area contributed by atoms with Gasteiger partial charge in [-0.05, 0) is 37.2 Å². The first kappa shape index (κ1) is 16.4. The summed E-state index contributed by atoms with van der Waals surface area (Å²) in [5.41, 5.74) is 0.988. The van der Waals surface area contributed by atoms with E-state index in [-0.39, 0.29) is 0 Å². The lowest BCUT2D eigenvalue weighted by Crippen LogP contribution is -2.14. The molecule has 2 nitrogen and oxygen atoms in total. The van der Waals surface area contributed by atoms with Gasteiger partial charge in [-0.15, -0.1) is 0 Å². The third-order valence-corrected chi connectivity index (χ3v) is 3.72. The standard InChI is InChI=1S/C16H16Cl3NO/c1-2-8-20-10-11-4-3-5-13(18)16(11)21-15-7-6-12(17)9-14(15)19/h3-7,9,20H,2,8,10H2,1H3. The Labute approximate surface area is 140 Å². The zero-order valence-corrected chi connectivity index (χ0v) is 13.9. The summed E-state index contributed by atoms with van der Waals surface area (Å²) >= 11 is 18.3. The zero-order valence-electron chi connectivity index (χ0n) is 11.6. The molecule has 0 fully saturated rings. The van der Waals surface area contributed by atoms with Crippen LogP contribution in [0.15, 0.2) is 36.4 Å². The minimum Gasteiger partial charge on any atom is -0.454 e. The van der Waals surface area contributed by atoms with Gasteiger partial charge in [-0.2, -0.15) is 0 Å². The zero-order chi connectivity index (χ0) is 15.2. The van der Waals surface area contributed by atoms with Crippen molar-refractivity contribution in [2.24, 2.45) is 0 Å². The highest BCUT2D eigenvalue weighted by Gasteiger charge is 2.11. The van der Waals surface area contributed by atoms with Gasteiger partial charge in [0.1, 0.15) is 5.75 Å².